The summed E-state index contributed by atoms with van der Waals surface area (Å²) in [4.78, 5) is 32.0. The molecule has 4 rings (SSSR count). The average molecular weight is 484 g/mol. The summed E-state index contributed by atoms with van der Waals surface area (Å²) < 4.78 is 5.21. The molecule has 178 valence electrons. The molecule has 0 radical (unpaired) electrons. The number of amides is 1. The van der Waals surface area contributed by atoms with Gasteiger partial charge in [-0.05, 0) is 36.6 Å². The molecular formula is C23H26ClN7O3. The van der Waals surface area contributed by atoms with Crippen molar-refractivity contribution in [3.8, 4) is 5.75 Å². The molecule has 3 aromatic rings. The predicted octanol–water partition coefficient (Wildman–Crippen LogP) is 2.43. The molecule has 34 heavy (non-hydrogen) atoms. The van der Waals surface area contributed by atoms with Crippen LogP contribution in [-0.2, 0) is 13.1 Å². The predicted molar refractivity (Wildman–Crippen MR) is 128 cm³/mol. The SMILES string of the molecule is COc1ccc(CNc2nc(N3CCCC3CO)ncc2C(=O)NCc2ccncn2)cc1Cl. The minimum atomic E-state index is -0.333. The third kappa shape index (κ3) is 5.52. The van der Waals surface area contributed by atoms with Gasteiger partial charge in [0.15, 0.2) is 0 Å². The fourth-order valence-corrected chi connectivity index (χ4v) is 4.08. The second-order valence-electron chi connectivity index (χ2n) is 7.81. The van der Waals surface area contributed by atoms with E-state index in [9.17, 15) is 9.90 Å². The first-order valence-electron chi connectivity index (χ1n) is 10.9. The number of benzene rings is 1. The molecule has 10 nitrogen and oxygen atoms in total. The molecule has 1 unspecified atom stereocenters. The molecule has 1 atom stereocenters. The minimum Gasteiger partial charge on any atom is -0.495 e. The zero-order valence-corrected chi connectivity index (χ0v) is 19.5. The molecule has 2 aromatic heterocycles. The van der Waals surface area contributed by atoms with Gasteiger partial charge in [0.25, 0.3) is 5.91 Å². The van der Waals surface area contributed by atoms with E-state index in [1.165, 1.54) is 12.5 Å². The van der Waals surface area contributed by atoms with E-state index in [-0.39, 0.29) is 25.1 Å². The standard InChI is InChI=1S/C23H26ClN7O3/c1-34-20-5-4-15(9-19(20)24)10-26-21-18(22(33)27-11-16-6-7-25-14-29-16)12-28-23(30-21)31-8-2-3-17(31)13-32/h4-7,9,12,14,17,32H,2-3,8,10-11,13H2,1H3,(H,27,33)(H,26,28,30). The summed E-state index contributed by atoms with van der Waals surface area (Å²) in [5.74, 6) is 1.11. The summed E-state index contributed by atoms with van der Waals surface area (Å²) in [5.41, 5.74) is 1.89. The normalized spacial score (nSPS) is 15.3. The quantitative estimate of drug-likeness (QED) is 0.420. The van der Waals surface area contributed by atoms with Gasteiger partial charge in [0.2, 0.25) is 5.95 Å². The molecule has 0 saturated carbocycles. The average Bonchev–Trinajstić information content (AvgIpc) is 3.35. The molecule has 1 saturated heterocycles. The number of carbonyl (C=O) groups excluding carboxylic acids is 1. The summed E-state index contributed by atoms with van der Waals surface area (Å²) in [6.45, 7) is 1.40. The van der Waals surface area contributed by atoms with Crippen molar-refractivity contribution in [3.05, 3.63) is 64.8 Å². The molecule has 11 heteroatoms. The van der Waals surface area contributed by atoms with E-state index in [0.29, 0.717) is 40.3 Å². The van der Waals surface area contributed by atoms with Gasteiger partial charge in [-0.25, -0.2) is 15.0 Å². The zero-order valence-electron chi connectivity index (χ0n) is 18.7. The lowest BCUT2D eigenvalue weighted by atomic mass is 10.2. The Morgan fingerprint density at radius 3 is 2.91 bits per heavy atom. The molecule has 0 aliphatic carbocycles. The van der Waals surface area contributed by atoms with Crippen LogP contribution in [0.4, 0.5) is 11.8 Å². The van der Waals surface area contributed by atoms with E-state index in [1.54, 1.807) is 31.5 Å². The summed E-state index contributed by atoms with van der Waals surface area (Å²) in [7, 11) is 1.56. The molecule has 1 aromatic carbocycles. The van der Waals surface area contributed by atoms with Crippen LogP contribution in [0, 0.1) is 0 Å². The molecule has 3 N–H and O–H groups in total. The fraction of sp³-hybridized carbons (Fsp3) is 0.348. The van der Waals surface area contributed by atoms with Gasteiger partial charge >= 0.3 is 0 Å². The maximum absolute atomic E-state index is 13.0. The number of anilines is 2. The smallest absolute Gasteiger partial charge is 0.256 e. The van der Waals surface area contributed by atoms with E-state index >= 15 is 0 Å². The van der Waals surface area contributed by atoms with E-state index in [2.05, 4.69) is 30.6 Å². The lowest BCUT2D eigenvalue weighted by molar-refractivity contribution is 0.0950. The lowest BCUT2D eigenvalue weighted by Gasteiger charge is -2.24. The van der Waals surface area contributed by atoms with Crippen LogP contribution >= 0.6 is 11.6 Å². The number of ether oxygens (including phenoxy) is 1. The van der Waals surface area contributed by atoms with Crippen molar-refractivity contribution < 1.29 is 14.6 Å². The molecular weight excluding hydrogens is 458 g/mol. The van der Waals surface area contributed by atoms with Crippen LogP contribution in [0.2, 0.25) is 5.02 Å². The highest BCUT2D eigenvalue weighted by molar-refractivity contribution is 6.32. The number of nitrogens with zero attached hydrogens (tertiary/aromatic N) is 5. The van der Waals surface area contributed by atoms with Gasteiger partial charge in [-0.3, -0.25) is 4.79 Å². The van der Waals surface area contributed by atoms with E-state index in [1.807, 2.05) is 11.0 Å². The summed E-state index contributed by atoms with van der Waals surface area (Å²) in [5, 5.41) is 16.3. The van der Waals surface area contributed by atoms with E-state index in [0.717, 1.165) is 24.9 Å². The second-order valence-corrected chi connectivity index (χ2v) is 8.22. The Bertz CT molecular complexity index is 1130. The third-order valence-electron chi connectivity index (χ3n) is 5.61. The van der Waals surface area contributed by atoms with E-state index in [4.69, 9.17) is 16.3 Å². The van der Waals surface area contributed by atoms with Crippen LogP contribution in [0.15, 0.2) is 43.0 Å². The Hall–Kier alpha value is -3.50. The first-order chi connectivity index (χ1) is 16.6. The fourth-order valence-electron chi connectivity index (χ4n) is 3.79. The Morgan fingerprint density at radius 2 is 2.18 bits per heavy atom. The number of rotatable bonds is 9. The number of carbonyl (C=O) groups is 1. The highest BCUT2D eigenvalue weighted by Crippen LogP contribution is 2.27. The van der Waals surface area contributed by atoms with Crippen molar-refractivity contribution >= 4 is 29.3 Å². The number of halogens is 1. The maximum atomic E-state index is 13.0. The molecule has 3 heterocycles. The highest BCUT2D eigenvalue weighted by Gasteiger charge is 2.27. The van der Waals surface area contributed by atoms with Gasteiger partial charge < -0.3 is 25.4 Å². The molecule has 1 fully saturated rings. The molecule has 1 amide bonds. The Morgan fingerprint density at radius 1 is 1.29 bits per heavy atom. The minimum absolute atomic E-state index is 0.0254. The van der Waals surface area contributed by atoms with Crippen molar-refractivity contribution in [2.24, 2.45) is 0 Å². The number of hydrogen-bond acceptors (Lipinski definition) is 9. The zero-order chi connectivity index (χ0) is 23.9. The maximum Gasteiger partial charge on any atom is 0.256 e. The van der Waals surface area contributed by atoms with E-state index < -0.39 is 0 Å². The van der Waals surface area contributed by atoms with Gasteiger partial charge in [0.05, 0.1) is 37.0 Å². The third-order valence-corrected chi connectivity index (χ3v) is 5.91. The molecule has 1 aliphatic heterocycles. The van der Waals surface area contributed by atoms with Crippen LogP contribution in [0.5, 0.6) is 5.75 Å². The van der Waals surface area contributed by atoms with Gasteiger partial charge in [-0.15, -0.1) is 0 Å². The number of aliphatic hydroxyl groups is 1. The van der Waals surface area contributed by atoms with Crippen molar-refractivity contribution in [1.82, 2.24) is 25.3 Å². The second kappa shape index (κ2) is 11.1. The Labute approximate surface area is 202 Å². The van der Waals surface area contributed by atoms with Gasteiger partial charge in [0, 0.05) is 25.5 Å². The summed E-state index contributed by atoms with van der Waals surface area (Å²) >= 11 is 6.25. The van der Waals surface area contributed by atoms with Gasteiger partial charge in [-0.1, -0.05) is 17.7 Å². The first kappa shape index (κ1) is 23.7. The Kier molecular flexibility index (Phi) is 7.71. The van der Waals surface area contributed by atoms with Crippen LogP contribution in [0.25, 0.3) is 0 Å². The largest absolute Gasteiger partial charge is 0.495 e. The molecule has 0 bridgehead atoms. The Balaban J connectivity index is 1.56. The van der Waals surface area contributed by atoms with Gasteiger partial charge in [-0.2, -0.15) is 4.98 Å². The molecule has 1 aliphatic rings. The number of hydrogen-bond donors (Lipinski definition) is 3. The van der Waals surface area contributed by atoms with Crippen LogP contribution in [-0.4, -0.2) is 57.3 Å². The number of aliphatic hydroxyl groups excluding tert-OH is 1. The van der Waals surface area contributed by atoms with Crippen LogP contribution in [0.3, 0.4) is 0 Å². The lowest BCUT2D eigenvalue weighted by Crippen LogP contribution is -2.34. The van der Waals surface area contributed by atoms with Crippen molar-refractivity contribution in [2.75, 3.05) is 30.5 Å². The van der Waals surface area contributed by atoms with Crippen LogP contribution in [0.1, 0.15) is 34.5 Å². The van der Waals surface area contributed by atoms with Crippen molar-refractivity contribution in [3.63, 3.8) is 0 Å². The number of aromatic nitrogens is 4. The summed E-state index contributed by atoms with van der Waals surface area (Å²) in [6.07, 6.45) is 6.37. The first-order valence-corrected chi connectivity index (χ1v) is 11.3. The van der Waals surface area contributed by atoms with Gasteiger partial charge in [0.1, 0.15) is 23.5 Å². The highest BCUT2D eigenvalue weighted by atomic mass is 35.5. The van der Waals surface area contributed by atoms with Crippen LogP contribution < -0.4 is 20.3 Å². The number of methoxy groups -OCH3 is 1. The number of nitrogens with one attached hydrogen (secondary N) is 2. The van der Waals surface area contributed by atoms with Crippen molar-refractivity contribution in [1.29, 1.82) is 0 Å². The summed E-state index contributed by atoms with van der Waals surface area (Å²) in [6, 6.07) is 7.17. The monoisotopic (exact) mass is 483 g/mol. The molecule has 0 spiro atoms. The van der Waals surface area contributed by atoms with Crippen molar-refractivity contribution in [2.45, 2.75) is 32.0 Å². The topological polar surface area (TPSA) is 125 Å².